The average molecular weight is 522 g/mol. The predicted molar refractivity (Wildman–Crippen MR) is 154 cm³/mol. The van der Waals surface area contributed by atoms with Gasteiger partial charge in [0.15, 0.2) is 0 Å². The Labute approximate surface area is 227 Å². The van der Waals surface area contributed by atoms with E-state index in [-0.39, 0.29) is 11.4 Å². The fourth-order valence-corrected chi connectivity index (χ4v) is 4.22. The number of aromatic nitrogens is 4. The summed E-state index contributed by atoms with van der Waals surface area (Å²) in [6, 6.07) is 20.4. The van der Waals surface area contributed by atoms with Gasteiger partial charge >= 0.3 is 6.03 Å². The number of hydrogen-bond acceptors (Lipinski definition) is 6. The van der Waals surface area contributed by atoms with Crippen LogP contribution in [-0.2, 0) is 12.0 Å². The van der Waals surface area contributed by atoms with E-state index >= 15 is 0 Å². The zero-order valence-corrected chi connectivity index (χ0v) is 22.4. The van der Waals surface area contributed by atoms with E-state index in [0.717, 1.165) is 33.4 Å². The lowest BCUT2D eigenvalue weighted by molar-refractivity contribution is 0.262. The molecule has 198 valence electrons. The van der Waals surface area contributed by atoms with Gasteiger partial charge in [0.25, 0.3) is 0 Å². The van der Waals surface area contributed by atoms with Gasteiger partial charge in [-0.3, -0.25) is 10.3 Å². The number of benzene rings is 2. The van der Waals surface area contributed by atoms with Crippen molar-refractivity contribution in [1.29, 1.82) is 0 Å². The van der Waals surface area contributed by atoms with Gasteiger partial charge in [0, 0.05) is 40.3 Å². The van der Waals surface area contributed by atoms with Crippen LogP contribution in [0.25, 0.3) is 16.5 Å². The van der Waals surface area contributed by atoms with Gasteiger partial charge in [-0.1, -0.05) is 45.0 Å². The largest absolute Gasteiger partial charge is 0.488 e. The lowest BCUT2D eigenvalue weighted by Crippen LogP contribution is -2.21. The van der Waals surface area contributed by atoms with Gasteiger partial charge in [0.05, 0.1) is 17.1 Å². The molecule has 9 heteroatoms. The van der Waals surface area contributed by atoms with Gasteiger partial charge in [-0.15, -0.1) is 0 Å². The smallest absolute Gasteiger partial charge is 0.324 e. The van der Waals surface area contributed by atoms with E-state index in [2.05, 4.69) is 41.4 Å². The van der Waals surface area contributed by atoms with Crippen molar-refractivity contribution in [3.63, 3.8) is 0 Å². The topological polar surface area (TPSA) is 120 Å². The van der Waals surface area contributed by atoms with Gasteiger partial charge in [-0.25, -0.2) is 14.5 Å². The molecule has 39 heavy (non-hydrogen) atoms. The first kappa shape index (κ1) is 25.7. The summed E-state index contributed by atoms with van der Waals surface area (Å²) < 4.78 is 7.83. The molecule has 3 aromatic heterocycles. The number of carbonyl (C=O) groups excluding carboxylic acids is 1. The SMILES string of the molecule is Cc1cc(-n2nc(C(C)(C)C)cc2NC(=O)Nc2ccc(OCc3ccnc(N)c3)c3ccccc23)ccn1. The summed E-state index contributed by atoms with van der Waals surface area (Å²) in [6.45, 7) is 8.52. The summed E-state index contributed by atoms with van der Waals surface area (Å²) in [4.78, 5) is 21.5. The second kappa shape index (κ2) is 10.4. The summed E-state index contributed by atoms with van der Waals surface area (Å²) in [6.07, 6.45) is 3.39. The second-order valence-electron chi connectivity index (χ2n) is 10.3. The Hall–Kier alpha value is -4.92. The number of urea groups is 1. The lowest BCUT2D eigenvalue weighted by Gasteiger charge is -2.14. The van der Waals surface area contributed by atoms with Crippen molar-refractivity contribution in [2.45, 2.75) is 39.7 Å². The van der Waals surface area contributed by atoms with Crippen LogP contribution in [0.3, 0.4) is 0 Å². The highest BCUT2D eigenvalue weighted by Crippen LogP contribution is 2.33. The molecule has 5 rings (SSSR count). The van der Waals surface area contributed by atoms with Gasteiger partial charge in [-0.05, 0) is 48.9 Å². The number of pyridine rings is 2. The van der Waals surface area contributed by atoms with Crippen LogP contribution >= 0.6 is 0 Å². The molecule has 0 saturated heterocycles. The van der Waals surface area contributed by atoms with E-state index in [9.17, 15) is 4.79 Å². The molecule has 0 aliphatic rings. The van der Waals surface area contributed by atoms with E-state index in [0.29, 0.717) is 29.7 Å². The third kappa shape index (κ3) is 5.82. The number of nitrogen functional groups attached to an aromatic ring is 1. The Morgan fingerprint density at radius 3 is 2.46 bits per heavy atom. The van der Waals surface area contributed by atoms with Crippen molar-refractivity contribution in [2.24, 2.45) is 0 Å². The van der Waals surface area contributed by atoms with Gasteiger partial charge < -0.3 is 15.8 Å². The number of amides is 2. The van der Waals surface area contributed by atoms with Crippen molar-refractivity contribution in [1.82, 2.24) is 19.7 Å². The number of nitrogens with one attached hydrogen (secondary N) is 2. The summed E-state index contributed by atoms with van der Waals surface area (Å²) in [5.41, 5.74) is 9.70. The van der Waals surface area contributed by atoms with Gasteiger partial charge in [-0.2, -0.15) is 5.10 Å². The Balaban J connectivity index is 1.39. The van der Waals surface area contributed by atoms with E-state index in [1.165, 1.54) is 0 Å². The molecular weight excluding hydrogens is 490 g/mol. The second-order valence-corrected chi connectivity index (χ2v) is 10.3. The zero-order valence-electron chi connectivity index (χ0n) is 22.4. The number of nitrogens with two attached hydrogens (primary N) is 1. The first-order chi connectivity index (χ1) is 18.7. The first-order valence-corrected chi connectivity index (χ1v) is 12.6. The molecule has 0 fully saturated rings. The normalized spacial score (nSPS) is 11.4. The molecule has 0 bridgehead atoms. The molecular formula is C30H31N7O2. The maximum atomic E-state index is 13.2. The molecule has 3 heterocycles. The van der Waals surface area contributed by atoms with Crippen LogP contribution in [0.15, 0.2) is 79.1 Å². The van der Waals surface area contributed by atoms with Gasteiger partial charge in [0.2, 0.25) is 0 Å². The Morgan fingerprint density at radius 1 is 0.949 bits per heavy atom. The highest BCUT2D eigenvalue weighted by atomic mass is 16.5. The lowest BCUT2D eigenvalue weighted by atomic mass is 9.92. The summed E-state index contributed by atoms with van der Waals surface area (Å²) >= 11 is 0. The van der Waals surface area contributed by atoms with Gasteiger partial charge in [0.1, 0.15) is 24.0 Å². The maximum Gasteiger partial charge on any atom is 0.324 e. The van der Waals surface area contributed by atoms with Crippen LogP contribution < -0.4 is 21.1 Å². The number of ether oxygens (including phenoxy) is 1. The molecule has 0 radical (unpaired) electrons. The highest BCUT2D eigenvalue weighted by Gasteiger charge is 2.22. The molecule has 0 aliphatic heterocycles. The first-order valence-electron chi connectivity index (χ1n) is 12.6. The van der Waals surface area contributed by atoms with E-state index < -0.39 is 0 Å². The number of fused-ring (bicyclic) bond motifs is 1. The van der Waals surface area contributed by atoms with Crippen LogP contribution in [0.5, 0.6) is 5.75 Å². The van der Waals surface area contributed by atoms with Crippen molar-refractivity contribution in [3.05, 3.63) is 96.1 Å². The minimum absolute atomic E-state index is 0.200. The molecule has 0 atom stereocenters. The number of hydrogen-bond donors (Lipinski definition) is 3. The van der Waals surface area contributed by atoms with Crippen LogP contribution in [0, 0.1) is 6.92 Å². The quantitative estimate of drug-likeness (QED) is 0.244. The number of anilines is 3. The van der Waals surface area contributed by atoms with Crippen LogP contribution in [0.4, 0.5) is 22.1 Å². The number of carbonyl (C=O) groups is 1. The number of nitrogens with zero attached hydrogens (tertiary/aromatic N) is 4. The molecule has 0 unspecified atom stereocenters. The minimum atomic E-state index is -0.381. The van der Waals surface area contributed by atoms with Crippen molar-refractivity contribution in [3.8, 4) is 11.4 Å². The monoisotopic (exact) mass is 521 g/mol. The molecule has 5 aromatic rings. The van der Waals surface area contributed by atoms with Crippen LogP contribution in [-0.4, -0.2) is 25.8 Å². The van der Waals surface area contributed by atoms with Crippen LogP contribution in [0.1, 0.15) is 37.7 Å². The third-order valence-electron chi connectivity index (χ3n) is 6.22. The summed E-state index contributed by atoms with van der Waals surface area (Å²) in [7, 11) is 0. The predicted octanol–water partition coefficient (Wildman–Crippen LogP) is 6.23. The van der Waals surface area contributed by atoms with E-state index in [1.54, 1.807) is 23.1 Å². The highest BCUT2D eigenvalue weighted by molar-refractivity contribution is 6.07. The van der Waals surface area contributed by atoms with Crippen molar-refractivity contribution < 1.29 is 9.53 Å². The molecule has 2 amide bonds. The minimum Gasteiger partial charge on any atom is -0.488 e. The fourth-order valence-electron chi connectivity index (χ4n) is 4.22. The van der Waals surface area contributed by atoms with E-state index in [4.69, 9.17) is 15.6 Å². The summed E-state index contributed by atoms with van der Waals surface area (Å²) in [5, 5.41) is 12.5. The molecule has 0 spiro atoms. The maximum absolute atomic E-state index is 13.2. The molecule has 2 aromatic carbocycles. The molecule has 0 aliphatic carbocycles. The van der Waals surface area contributed by atoms with Crippen molar-refractivity contribution in [2.75, 3.05) is 16.4 Å². The Morgan fingerprint density at radius 2 is 1.72 bits per heavy atom. The number of rotatable bonds is 6. The molecule has 9 nitrogen and oxygen atoms in total. The third-order valence-corrected chi connectivity index (χ3v) is 6.22. The van der Waals surface area contributed by atoms with E-state index in [1.807, 2.05) is 67.6 Å². The summed E-state index contributed by atoms with van der Waals surface area (Å²) in [5.74, 6) is 1.71. The Kier molecular flexibility index (Phi) is 6.89. The number of aryl methyl sites for hydroxylation is 1. The van der Waals surface area contributed by atoms with Crippen molar-refractivity contribution >= 4 is 34.1 Å². The fraction of sp³-hybridized carbons (Fsp3) is 0.200. The standard InChI is InChI=1S/C30H31N7O2/c1-19-15-21(12-14-32-19)37-28(17-26(36-37)30(2,3)4)35-29(38)34-24-9-10-25(23-8-6-5-7-22(23)24)39-18-20-11-13-33-27(31)16-20/h5-17H,18H2,1-4H3,(H2,31,33)(H2,34,35,38). The Bertz CT molecular complexity index is 1650. The molecule has 4 N–H and O–H groups in total. The average Bonchev–Trinajstić information content (AvgIpc) is 3.33. The van der Waals surface area contributed by atoms with Crippen LogP contribution in [0.2, 0.25) is 0 Å². The zero-order chi connectivity index (χ0) is 27.6. The molecule has 0 saturated carbocycles.